The molecule has 1 aromatic rings. The maximum Gasteiger partial charge on any atom is 0.0312 e. The molecule has 1 heterocycles. The standard InChI is InChI=1S/C12H18N2/c1(3-11-5-6-11)7-13-9-12-4-2-8-14-10-12/h2,4,8,10-11,13H,1,3,5-7,9H2. The third-order valence-electron chi connectivity index (χ3n) is 2.71. The van der Waals surface area contributed by atoms with E-state index in [9.17, 15) is 0 Å². The molecule has 0 radical (unpaired) electrons. The average molecular weight is 190 g/mol. The smallest absolute Gasteiger partial charge is 0.0312 e. The Morgan fingerprint density at radius 2 is 2.36 bits per heavy atom. The lowest BCUT2D eigenvalue weighted by Crippen LogP contribution is -2.14. The molecule has 0 atom stereocenters. The van der Waals surface area contributed by atoms with E-state index in [-0.39, 0.29) is 0 Å². The minimum Gasteiger partial charge on any atom is -0.313 e. The number of hydrogen-bond donors (Lipinski definition) is 1. The van der Waals surface area contributed by atoms with Gasteiger partial charge in [0.15, 0.2) is 0 Å². The van der Waals surface area contributed by atoms with E-state index in [1.165, 1.54) is 31.2 Å². The van der Waals surface area contributed by atoms with E-state index in [2.05, 4.69) is 16.4 Å². The molecule has 0 aromatic carbocycles. The van der Waals surface area contributed by atoms with E-state index in [0.717, 1.165) is 19.0 Å². The van der Waals surface area contributed by atoms with Crippen molar-refractivity contribution >= 4 is 0 Å². The van der Waals surface area contributed by atoms with Crippen molar-refractivity contribution in [1.82, 2.24) is 10.3 Å². The predicted molar refractivity (Wildman–Crippen MR) is 57.9 cm³/mol. The molecular formula is C12H18N2. The second-order valence-electron chi connectivity index (χ2n) is 4.12. The molecule has 0 bridgehead atoms. The zero-order valence-electron chi connectivity index (χ0n) is 8.58. The average Bonchev–Trinajstić information content (AvgIpc) is 3.03. The van der Waals surface area contributed by atoms with Gasteiger partial charge in [0.05, 0.1) is 0 Å². The normalized spacial score (nSPS) is 15.7. The highest BCUT2D eigenvalue weighted by atomic mass is 14.8. The molecule has 76 valence electrons. The molecule has 0 unspecified atom stereocenters. The first-order valence-corrected chi connectivity index (χ1v) is 5.55. The van der Waals surface area contributed by atoms with Gasteiger partial charge >= 0.3 is 0 Å². The van der Waals surface area contributed by atoms with Crippen molar-refractivity contribution in [3.63, 3.8) is 0 Å². The van der Waals surface area contributed by atoms with Crippen LogP contribution in [0.5, 0.6) is 0 Å². The van der Waals surface area contributed by atoms with Gasteiger partial charge in [0, 0.05) is 18.9 Å². The number of nitrogens with one attached hydrogen (secondary N) is 1. The summed E-state index contributed by atoms with van der Waals surface area (Å²) < 4.78 is 0. The molecule has 2 nitrogen and oxygen atoms in total. The van der Waals surface area contributed by atoms with Crippen LogP contribution in [-0.2, 0) is 6.54 Å². The van der Waals surface area contributed by atoms with Gasteiger partial charge in [-0.1, -0.05) is 18.9 Å². The van der Waals surface area contributed by atoms with Crippen LogP contribution in [0.3, 0.4) is 0 Å². The lowest BCUT2D eigenvalue weighted by Gasteiger charge is -2.03. The van der Waals surface area contributed by atoms with Crippen LogP contribution in [0.15, 0.2) is 24.5 Å². The van der Waals surface area contributed by atoms with Crippen LogP contribution in [0.25, 0.3) is 0 Å². The Morgan fingerprint density at radius 1 is 1.43 bits per heavy atom. The summed E-state index contributed by atoms with van der Waals surface area (Å²) in [5, 5.41) is 3.44. The van der Waals surface area contributed by atoms with Crippen LogP contribution in [0.4, 0.5) is 0 Å². The minimum absolute atomic E-state index is 0.957. The maximum absolute atomic E-state index is 4.08. The number of nitrogens with zero attached hydrogens (tertiary/aromatic N) is 1. The van der Waals surface area contributed by atoms with Crippen molar-refractivity contribution in [3.8, 4) is 0 Å². The summed E-state index contributed by atoms with van der Waals surface area (Å²) in [6.07, 6.45) is 9.43. The van der Waals surface area contributed by atoms with Gasteiger partial charge in [0.2, 0.25) is 0 Å². The molecule has 2 heteroatoms. The molecule has 1 aromatic heterocycles. The first-order chi connectivity index (χ1) is 6.95. The van der Waals surface area contributed by atoms with Crippen LogP contribution in [0.2, 0.25) is 0 Å². The minimum atomic E-state index is 0.957. The van der Waals surface area contributed by atoms with Crippen molar-refractivity contribution in [3.05, 3.63) is 30.1 Å². The monoisotopic (exact) mass is 190 g/mol. The van der Waals surface area contributed by atoms with E-state index in [1.54, 1.807) is 0 Å². The van der Waals surface area contributed by atoms with Crippen molar-refractivity contribution in [2.75, 3.05) is 6.54 Å². The maximum atomic E-state index is 4.08. The molecule has 14 heavy (non-hydrogen) atoms. The van der Waals surface area contributed by atoms with Crippen molar-refractivity contribution in [2.24, 2.45) is 5.92 Å². The van der Waals surface area contributed by atoms with Gasteiger partial charge in [-0.05, 0) is 36.9 Å². The highest BCUT2D eigenvalue weighted by molar-refractivity contribution is 5.07. The summed E-state index contributed by atoms with van der Waals surface area (Å²) in [6, 6.07) is 4.10. The highest BCUT2D eigenvalue weighted by Crippen LogP contribution is 2.33. The quantitative estimate of drug-likeness (QED) is 0.696. The number of rotatable bonds is 6. The van der Waals surface area contributed by atoms with E-state index in [1.807, 2.05) is 18.5 Å². The van der Waals surface area contributed by atoms with Gasteiger partial charge in [-0.3, -0.25) is 4.98 Å². The van der Waals surface area contributed by atoms with Gasteiger partial charge in [-0.25, -0.2) is 0 Å². The van der Waals surface area contributed by atoms with Crippen LogP contribution < -0.4 is 5.32 Å². The number of aromatic nitrogens is 1. The fraction of sp³-hybridized carbons (Fsp3) is 0.583. The van der Waals surface area contributed by atoms with Gasteiger partial charge in [-0.2, -0.15) is 0 Å². The molecule has 0 spiro atoms. The van der Waals surface area contributed by atoms with Crippen molar-refractivity contribution in [2.45, 2.75) is 32.2 Å². The SMILES string of the molecule is c1cncc(CNCCCC2CC2)c1. The summed E-state index contributed by atoms with van der Waals surface area (Å²) in [7, 11) is 0. The molecule has 1 aliphatic carbocycles. The number of pyridine rings is 1. The Labute approximate surface area is 85.7 Å². The van der Waals surface area contributed by atoms with Crippen molar-refractivity contribution in [1.29, 1.82) is 0 Å². The molecule has 0 aliphatic heterocycles. The van der Waals surface area contributed by atoms with E-state index >= 15 is 0 Å². The third-order valence-corrected chi connectivity index (χ3v) is 2.71. The first kappa shape index (κ1) is 9.66. The van der Waals surface area contributed by atoms with Gasteiger partial charge in [-0.15, -0.1) is 0 Å². The molecule has 1 saturated carbocycles. The topological polar surface area (TPSA) is 24.9 Å². The lowest BCUT2D eigenvalue weighted by atomic mass is 10.2. The van der Waals surface area contributed by atoms with E-state index in [0.29, 0.717) is 0 Å². The molecule has 2 rings (SSSR count). The van der Waals surface area contributed by atoms with E-state index in [4.69, 9.17) is 0 Å². The lowest BCUT2D eigenvalue weighted by molar-refractivity contribution is 0.593. The Bertz CT molecular complexity index is 254. The summed E-state index contributed by atoms with van der Waals surface area (Å²) in [4.78, 5) is 4.08. The zero-order chi connectivity index (χ0) is 9.64. The molecular weight excluding hydrogens is 172 g/mol. The molecule has 0 saturated heterocycles. The van der Waals surface area contributed by atoms with E-state index < -0.39 is 0 Å². The fourth-order valence-electron chi connectivity index (χ4n) is 1.66. The Kier molecular flexibility index (Phi) is 3.52. The predicted octanol–water partition coefficient (Wildman–Crippen LogP) is 2.36. The fourth-order valence-corrected chi connectivity index (χ4v) is 1.66. The first-order valence-electron chi connectivity index (χ1n) is 5.55. The summed E-state index contributed by atoms with van der Waals surface area (Å²) >= 11 is 0. The zero-order valence-corrected chi connectivity index (χ0v) is 8.58. The van der Waals surface area contributed by atoms with Gasteiger partial charge in [0.25, 0.3) is 0 Å². The Hall–Kier alpha value is -0.890. The number of hydrogen-bond acceptors (Lipinski definition) is 2. The molecule has 1 fully saturated rings. The Morgan fingerprint density at radius 3 is 3.07 bits per heavy atom. The second-order valence-corrected chi connectivity index (χ2v) is 4.12. The van der Waals surface area contributed by atoms with Crippen molar-refractivity contribution < 1.29 is 0 Å². The molecule has 1 N–H and O–H groups in total. The molecule has 1 aliphatic rings. The largest absolute Gasteiger partial charge is 0.313 e. The van der Waals surface area contributed by atoms with Gasteiger partial charge < -0.3 is 5.32 Å². The van der Waals surface area contributed by atoms with Crippen LogP contribution >= 0.6 is 0 Å². The summed E-state index contributed by atoms with van der Waals surface area (Å²) in [5.41, 5.74) is 1.28. The Balaban J connectivity index is 1.54. The van der Waals surface area contributed by atoms with Crippen LogP contribution in [-0.4, -0.2) is 11.5 Å². The third kappa shape index (κ3) is 3.46. The van der Waals surface area contributed by atoms with Gasteiger partial charge in [0.1, 0.15) is 0 Å². The highest BCUT2D eigenvalue weighted by Gasteiger charge is 2.19. The molecule has 0 amide bonds. The summed E-state index contributed by atoms with van der Waals surface area (Å²) in [5.74, 6) is 1.06. The van der Waals surface area contributed by atoms with Crippen LogP contribution in [0, 0.1) is 5.92 Å². The second kappa shape index (κ2) is 5.11. The van der Waals surface area contributed by atoms with Crippen LogP contribution in [0.1, 0.15) is 31.2 Å². The summed E-state index contributed by atoms with van der Waals surface area (Å²) in [6.45, 7) is 2.10.